The van der Waals surface area contributed by atoms with Gasteiger partial charge in [0, 0.05) is 6.54 Å². The first kappa shape index (κ1) is 9.51. The summed E-state index contributed by atoms with van der Waals surface area (Å²) in [6.45, 7) is 4.88. The Balaban J connectivity index is 1.51. The van der Waals surface area contributed by atoms with Crippen LogP contribution >= 0.6 is 0 Å². The van der Waals surface area contributed by atoms with E-state index in [-0.39, 0.29) is 0 Å². The van der Waals surface area contributed by atoms with Crippen LogP contribution in [0, 0.1) is 11.3 Å². The summed E-state index contributed by atoms with van der Waals surface area (Å²) in [5.74, 6) is 1.09. The molecule has 0 heterocycles. The van der Waals surface area contributed by atoms with Crippen LogP contribution in [0.2, 0.25) is 0 Å². The van der Waals surface area contributed by atoms with Crippen molar-refractivity contribution in [3.63, 3.8) is 0 Å². The summed E-state index contributed by atoms with van der Waals surface area (Å²) in [4.78, 5) is 0. The van der Waals surface area contributed by atoms with Gasteiger partial charge in [-0.05, 0) is 43.6 Å². The van der Waals surface area contributed by atoms with Crippen molar-refractivity contribution < 1.29 is 0 Å². The molecule has 0 aliphatic heterocycles. The molecule has 2 aliphatic carbocycles. The minimum absolute atomic E-state index is 0.748. The summed E-state index contributed by atoms with van der Waals surface area (Å²) in [5, 5.41) is 3.64. The van der Waals surface area contributed by atoms with Gasteiger partial charge in [-0.3, -0.25) is 0 Å². The molecule has 76 valence electrons. The molecule has 2 saturated carbocycles. The maximum absolute atomic E-state index is 3.64. The van der Waals surface area contributed by atoms with Crippen LogP contribution in [0.1, 0.15) is 51.9 Å². The molecule has 0 saturated heterocycles. The second kappa shape index (κ2) is 4.00. The van der Waals surface area contributed by atoms with E-state index in [1.165, 1.54) is 58.0 Å². The fourth-order valence-electron chi connectivity index (χ4n) is 2.29. The number of nitrogens with one attached hydrogen (secondary N) is 1. The number of hydrogen-bond acceptors (Lipinski definition) is 1. The van der Waals surface area contributed by atoms with Gasteiger partial charge in [0.15, 0.2) is 0 Å². The average Bonchev–Trinajstić information content (AvgIpc) is 2.95. The van der Waals surface area contributed by atoms with Crippen molar-refractivity contribution in [2.75, 3.05) is 13.1 Å². The predicted molar refractivity (Wildman–Crippen MR) is 56.8 cm³/mol. The molecule has 0 aromatic carbocycles. The van der Waals surface area contributed by atoms with Gasteiger partial charge < -0.3 is 5.32 Å². The molecule has 0 atom stereocenters. The molecule has 0 bridgehead atoms. The summed E-state index contributed by atoms with van der Waals surface area (Å²) in [6.07, 6.45) is 10.2. The van der Waals surface area contributed by atoms with E-state index in [1.54, 1.807) is 0 Å². The Morgan fingerprint density at radius 1 is 1.31 bits per heavy atom. The molecule has 2 rings (SSSR count). The Morgan fingerprint density at radius 2 is 2.08 bits per heavy atom. The van der Waals surface area contributed by atoms with Crippen LogP contribution in [-0.4, -0.2) is 13.1 Å². The van der Waals surface area contributed by atoms with Gasteiger partial charge in [0.1, 0.15) is 0 Å². The minimum Gasteiger partial charge on any atom is -0.316 e. The lowest BCUT2D eigenvalue weighted by atomic mass is 10.0. The molecule has 0 unspecified atom stereocenters. The topological polar surface area (TPSA) is 12.0 Å². The highest BCUT2D eigenvalue weighted by Crippen LogP contribution is 2.48. The quantitative estimate of drug-likeness (QED) is 0.595. The van der Waals surface area contributed by atoms with E-state index in [4.69, 9.17) is 0 Å². The van der Waals surface area contributed by atoms with Crippen molar-refractivity contribution >= 4 is 0 Å². The third-order valence-electron chi connectivity index (χ3n) is 3.66. The zero-order valence-corrected chi connectivity index (χ0v) is 8.94. The van der Waals surface area contributed by atoms with E-state index < -0.39 is 0 Å². The van der Waals surface area contributed by atoms with E-state index in [9.17, 15) is 0 Å². The SMILES string of the molecule is CCCC1(CNCCC2CC2)CC1. The van der Waals surface area contributed by atoms with Crippen LogP contribution in [0.15, 0.2) is 0 Å². The van der Waals surface area contributed by atoms with Gasteiger partial charge >= 0.3 is 0 Å². The Kier molecular flexibility index (Phi) is 2.92. The highest BCUT2D eigenvalue weighted by Gasteiger charge is 2.40. The van der Waals surface area contributed by atoms with Gasteiger partial charge in [0.05, 0.1) is 0 Å². The Hall–Kier alpha value is -0.0400. The smallest absolute Gasteiger partial charge is 0.000781 e. The fourth-order valence-corrected chi connectivity index (χ4v) is 2.29. The maximum Gasteiger partial charge on any atom is 0.000781 e. The molecule has 1 nitrogen and oxygen atoms in total. The standard InChI is InChI=1S/C12H23N/c1-2-6-12(7-8-12)10-13-9-5-11-3-4-11/h11,13H,2-10H2,1H3. The minimum atomic E-state index is 0.748. The first-order chi connectivity index (χ1) is 6.35. The Morgan fingerprint density at radius 3 is 2.62 bits per heavy atom. The van der Waals surface area contributed by atoms with Gasteiger partial charge in [-0.25, -0.2) is 0 Å². The monoisotopic (exact) mass is 181 g/mol. The van der Waals surface area contributed by atoms with Crippen molar-refractivity contribution in [3.8, 4) is 0 Å². The molecule has 0 spiro atoms. The second-order valence-corrected chi connectivity index (χ2v) is 5.16. The van der Waals surface area contributed by atoms with Crippen molar-refractivity contribution in [2.24, 2.45) is 11.3 Å². The third-order valence-corrected chi connectivity index (χ3v) is 3.66. The normalized spacial score (nSPS) is 24.7. The van der Waals surface area contributed by atoms with Crippen LogP contribution < -0.4 is 5.32 Å². The molecule has 0 amide bonds. The van der Waals surface area contributed by atoms with Crippen LogP contribution in [0.4, 0.5) is 0 Å². The first-order valence-corrected chi connectivity index (χ1v) is 6.05. The van der Waals surface area contributed by atoms with E-state index >= 15 is 0 Å². The summed E-state index contributed by atoms with van der Waals surface area (Å²) >= 11 is 0. The highest BCUT2D eigenvalue weighted by molar-refractivity contribution is 4.94. The number of hydrogen-bond donors (Lipinski definition) is 1. The van der Waals surface area contributed by atoms with E-state index in [0.717, 1.165) is 11.3 Å². The average molecular weight is 181 g/mol. The second-order valence-electron chi connectivity index (χ2n) is 5.16. The lowest BCUT2D eigenvalue weighted by molar-refractivity contribution is 0.417. The Labute approximate surface area is 82.3 Å². The van der Waals surface area contributed by atoms with Crippen LogP contribution in [0.3, 0.4) is 0 Å². The zero-order valence-electron chi connectivity index (χ0n) is 8.94. The van der Waals surface area contributed by atoms with Gasteiger partial charge in [0.25, 0.3) is 0 Å². The summed E-state index contributed by atoms with van der Waals surface area (Å²) < 4.78 is 0. The van der Waals surface area contributed by atoms with Crippen molar-refractivity contribution in [1.29, 1.82) is 0 Å². The van der Waals surface area contributed by atoms with Crippen molar-refractivity contribution in [3.05, 3.63) is 0 Å². The van der Waals surface area contributed by atoms with Crippen LogP contribution in [-0.2, 0) is 0 Å². The van der Waals surface area contributed by atoms with Crippen LogP contribution in [0.5, 0.6) is 0 Å². The van der Waals surface area contributed by atoms with E-state index in [2.05, 4.69) is 12.2 Å². The van der Waals surface area contributed by atoms with Crippen LogP contribution in [0.25, 0.3) is 0 Å². The molecular weight excluding hydrogens is 158 g/mol. The molecule has 13 heavy (non-hydrogen) atoms. The molecule has 0 aromatic heterocycles. The maximum atomic E-state index is 3.64. The Bertz CT molecular complexity index is 157. The third kappa shape index (κ3) is 2.98. The molecule has 1 N–H and O–H groups in total. The van der Waals surface area contributed by atoms with Crippen molar-refractivity contribution in [2.45, 2.75) is 51.9 Å². The summed E-state index contributed by atoms with van der Waals surface area (Å²) in [5.41, 5.74) is 0.748. The van der Waals surface area contributed by atoms with Gasteiger partial charge in [-0.1, -0.05) is 26.2 Å². The van der Waals surface area contributed by atoms with Gasteiger partial charge in [-0.2, -0.15) is 0 Å². The lowest BCUT2D eigenvalue weighted by Gasteiger charge is -2.14. The van der Waals surface area contributed by atoms with Crippen molar-refractivity contribution in [1.82, 2.24) is 5.32 Å². The molecule has 2 fully saturated rings. The lowest BCUT2D eigenvalue weighted by Crippen LogP contribution is -2.25. The van der Waals surface area contributed by atoms with Gasteiger partial charge in [-0.15, -0.1) is 0 Å². The molecule has 0 aromatic rings. The number of rotatable bonds is 7. The zero-order chi connectivity index (χ0) is 9.15. The highest BCUT2D eigenvalue weighted by atomic mass is 14.9. The molecular formula is C12H23N. The largest absolute Gasteiger partial charge is 0.316 e. The summed E-state index contributed by atoms with van der Waals surface area (Å²) in [7, 11) is 0. The first-order valence-electron chi connectivity index (χ1n) is 6.05. The van der Waals surface area contributed by atoms with E-state index in [0.29, 0.717) is 0 Å². The fraction of sp³-hybridized carbons (Fsp3) is 1.00. The van der Waals surface area contributed by atoms with Gasteiger partial charge in [0.2, 0.25) is 0 Å². The molecule has 1 heteroatoms. The summed E-state index contributed by atoms with van der Waals surface area (Å²) in [6, 6.07) is 0. The molecule has 2 aliphatic rings. The predicted octanol–water partition coefficient (Wildman–Crippen LogP) is 2.96. The van der Waals surface area contributed by atoms with E-state index in [1.807, 2.05) is 0 Å². The molecule has 0 radical (unpaired) electrons.